The van der Waals surface area contributed by atoms with Gasteiger partial charge in [-0.25, -0.2) is 4.68 Å². The number of nitrogens with zero attached hydrogens (tertiary/aromatic N) is 4. The molecular formula is C20H24ClN5O. The van der Waals surface area contributed by atoms with E-state index in [2.05, 4.69) is 46.9 Å². The van der Waals surface area contributed by atoms with Gasteiger partial charge in [-0.15, -0.1) is 12.4 Å². The lowest BCUT2D eigenvalue weighted by molar-refractivity contribution is 0.229. The van der Waals surface area contributed by atoms with Gasteiger partial charge in [0.25, 0.3) is 5.89 Å². The molecule has 7 heteroatoms. The first kappa shape index (κ1) is 18.2. The highest BCUT2D eigenvalue weighted by Crippen LogP contribution is 2.39. The third-order valence-electron chi connectivity index (χ3n) is 5.83. The Kier molecular flexibility index (Phi) is 4.35. The van der Waals surface area contributed by atoms with Crippen LogP contribution in [0.25, 0.3) is 17.3 Å². The van der Waals surface area contributed by atoms with Crippen molar-refractivity contribution in [2.45, 2.75) is 57.9 Å². The van der Waals surface area contributed by atoms with Crippen LogP contribution < -0.4 is 5.73 Å². The second-order valence-corrected chi connectivity index (χ2v) is 7.76. The van der Waals surface area contributed by atoms with Crippen LogP contribution in [0.3, 0.4) is 0 Å². The molecule has 1 aromatic carbocycles. The van der Waals surface area contributed by atoms with Gasteiger partial charge in [-0.3, -0.25) is 0 Å². The van der Waals surface area contributed by atoms with Gasteiger partial charge in [0.05, 0.1) is 11.2 Å². The van der Waals surface area contributed by atoms with Crippen LogP contribution >= 0.6 is 12.4 Å². The zero-order valence-electron chi connectivity index (χ0n) is 15.7. The number of aryl methyl sites for hydroxylation is 2. The number of aromatic nitrogens is 4. The largest absolute Gasteiger partial charge is 0.332 e. The van der Waals surface area contributed by atoms with Crippen molar-refractivity contribution in [3.8, 4) is 17.3 Å². The molecule has 1 saturated carbocycles. The van der Waals surface area contributed by atoms with E-state index in [4.69, 9.17) is 15.4 Å². The van der Waals surface area contributed by atoms with Crippen molar-refractivity contribution >= 4 is 12.4 Å². The van der Waals surface area contributed by atoms with Gasteiger partial charge < -0.3 is 10.3 Å². The molecule has 142 valence electrons. The van der Waals surface area contributed by atoms with Crippen LogP contribution in [0.2, 0.25) is 0 Å². The Labute approximate surface area is 164 Å². The summed E-state index contributed by atoms with van der Waals surface area (Å²) in [7, 11) is 0. The van der Waals surface area contributed by atoms with Crippen molar-refractivity contribution < 1.29 is 4.52 Å². The van der Waals surface area contributed by atoms with Gasteiger partial charge in [-0.05, 0) is 64.0 Å². The molecule has 0 aliphatic heterocycles. The fourth-order valence-corrected chi connectivity index (χ4v) is 4.15. The van der Waals surface area contributed by atoms with Gasteiger partial charge in [-0.2, -0.15) is 10.1 Å². The van der Waals surface area contributed by atoms with E-state index in [0.29, 0.717) is 11.7 Å². The minimum absolute atomic E-state index is 0. The SMILES string of the molecule is Cc1ccc(-n2nc(-c3nc(C4(N)CCC4)no3)c3c2CCC3)c(C)c1.Cl. The van der Waals surface area contributed by atoms with Crippen molar-refractivity contribution in [1.82, 2.24) is 19.9 Å². The van der Waals surface area contributed by atoms with Crippen LogP contribution in [0, 0.1) is 13.8 Å². The Morgan fingerprint density at radius 2 is 1.96 bits per heavy atom. The summed E-state index contributed by atoms with van der Waals surface area (Å²) >= 11 is 0. The van der Waals surface area contributed by atoms with Gasteiger partial charge in [0.1, 0.15) is 0 Å². The Bertz CT molecular complexity index is 1000. The molecular weight excluding hydrogens is 362 g/mol. The minimum atomic E-state index is -0.416. The van der Waals surface area contributed by atoms with Gasteiger partial charge >= 0.3 is 0 Å². The highest BCUT2D eigenvalue weighted by Gasteiger charge is 2.39. The second kappa shape index (κ2) is 6.46. The van der Waals surface area contributed by atoms with Gasteiger partial charge in [0.2, 0.25) is 0 Å². The third-order valence-corrected chi connectivity index (χ3v) is 5.83. The summed E-state index contributed by atoms with van der Waals surface area (Å²) in [6.07, 6.45) is 6.12. The molecule has 2 aromatic heterocycles. The van der Waals surface area contributed by atoms with E-state index in [1.54, 1.807) is 0 Å². The molecule has 0 atom stereocenters. The van der Waals surface area contributed by atoms with Crippen LogP contribution in [0.4, 0.5) is 0 Å². The summed E-state index contributed by atoms with van der Waals surface area (Å²) in [5.41, 5.74) is 12.8. The van der Waals surface area contributed by atoms with Crippen LogP contribution in [0.1, 0.15) is 53.9 Å². The molecule has 2 aliphatic rings. The summed E-state index contributed by atoms with van der Waals surface area (Å²) in [5, 5.41) is 9.04. The van der Waals surface area contributed by atoms with Crippen molar-refractivity contribution in [1.29, 1.82) is 0 Å². The number of hydrogen-bond acceptors (Lipinski definition) is 5. The molecule has 2 N–H and O–H groups in total. The van der Waals surface area contributed by atoms with Crippen molar-refractivity contribution in [2.24, 2.45) is 5.73 Å². The van der Waals surface area contributed by atoms with E-state index in [0.717, 1.165) is 49.9 Å². The summed E-state index contributed by atoms with van der Waals surface area (Å²) in [4.78, 5) is 4.62. The summed E-state index contributed by atoms with van der Waals surface area (Å²) in [6, 6.07) is 6.46. The molecule has 27 heavy (non-hydrogen) atoms. The quantitative estimate of drug-likeness (QED) is 0.741. The molecule has 0 unspecified atom stereocenters. The molecule has 3 aromatic rings. The first-order valence-electron chi connectivity index (χ1n) is 9.37. The normalized spacial score (nSPS) is 17.3. The first-order valence-corrected chi connectivity index (χ1v) is 9.37. The highest BCUT2D eigenvalue weighted by atomic mass is 35.5. The molecule has 0 bridgehead atoms. The Balaban J connectivity index is 0.00000180. The van der Waals surface area contributed by atoms with Crippen LogP contribution in [-0.4, -0.2) is 19.9 Å². The fraction of sp³-hybridized carbons (Fsp3) is 0.450. The second-order valence-electron chi connectivity index (χ2n) is 7.76. The minimum Gasteiger partial charge on any atom is -0.332 e. The number of hydrogen-bond donors (Lipinski definition) is 1. The molecule has 6 nitrogen and oxygen atoms in total. The van der Waals surface area contributed by atoms with Crippen LogP contribution in [0.5, 0.6) is 0 Å². The summed E-state index contributed by atoms with van der Waals surface area (Å²) in [6.45, 7) is 4.24. The molecule has 1 fully saturated rings. The Morgan fingerprint density at radius 3 is 2.67 bits per heavy atom. The molecule has 0 spiro atoms. The number of halogens is 1. The van der Waals surface area contributed by atoms with Gasteiger partial charge in [0.15, 0.2) is 11.5 Å². The van der Waals surface area contributed by atoms with E-state index >= 15 is 0 Å². The third kappa shape index (κ3) is 2.78. The lowest BCUT2D eigenvalue weighted by Crippen LogP contribution is -2.44. The number of benzene rings is 1. The van der Waals surface area contributed by atoms with Gasteiger partial charge in [-0.1, -0.05) is 22.9 Å². The summed E-state index contributed by atoms with van der Waals surface area (Å²) in [5.74, 6) is 1.12. The number of rotatable bonds is 3. The van der Waals surface area contributed by atoms with Crippen molar-refractivity contribution in [3.05, 3.63) is 46.4 Å². The molecule has 5 rings (SSSR count). The highest BCUT2D eigenvalue weighted by molar-refractivity contribution is 5.85. The van der Waals surface area contributed by atoms with Gasteiger partial charge in [0, 0.05) is 11.3 Å². The average molecular weight is 386 g/mol. The van der Waals surface area contributed by atoms with E-state index in [-0.39, 0.29) is 12.4 Å². The maximum absolute atomic E-state index is 6.35. The molecule has 0 amide bonds. The summed E-state index contributed by atoms with van der Waals surface area (Å²) < 4.78 is 7.65. The van der Waals surface area contributed by atoms with E-state index in [1.165, 1.54) is 22.4 Å². The predicted molar refractivity (Wildman–Crippen MR) is 105 cm³/mol. The fourth-order valence-electron chi connectivity index (χ4n) is 4.15. The zero-order valence-corrected chi connectivity index (χ0v) is 16.5. The maximum Gasteiger partial charge on any atom is 0.278 e. The van der Waals surface area contributed by atoms with Crippen molar-refractivity contribution in [2.75, 3.05) is 0 Å². The van der Waals surface area contributed by atoms with Crippen molar-refractivity contribution in [3.63, 3.8) is 0 Å². The molecule has 0 saturated heterocycles. The monoisotopic (exact) mass is 385 g/mol. The van der Waals surface area contributed by atoms with Crippen LogP contribution in [0.15, 0.2) is 22.7 Å². The molecule has 0 radical (unpaired) electrons. The van der Waals surface area contributed by atoms with Crippen LogP contribution in [-0.2, 0) is 18.4 Å². The Hall–Kier alpha value is -2.18. The standard InChI is InChI=1S/C20H23N5O.ClH/c1-12-7-8-15(13(2)11-12)25-16-6-3-5-14(16)17(23-25)18-22-19(24-26-18)20(21)9-4-10-20;/h7-8,11H,3-6,9-10,21H2,1-2H3;1H. The lowest BCUT2D eigenvalue weighted by atomic mass is 9.77. The smallest absolute Gasteiger partial charge is 0.278 e. The van der Waals surface area contributed by atoms with E-state index in [1.807, 2.05) is 0 Å². The number of fused-ring (bicyclic) bond motifs is 1. The topological polar surface area (TPSA) is 82.8 Å². The Morgan fingerprint density at radius 1 is 1.15 bits per heavy atom. The van der Waals surface area contributed by atoms with E-state index < -0.39 is 5.54 Å². The predicted octanol–water partition coefficient (Wildman–Crippen LogP) is 3.79. The lowest BCUT2D eigenvalue weighted by Gasteiger charge is -2.34. The number of nitrogens with two attached hydrogens (primary N) is 1. The molecule has 2 heterocycles. The maximum atomic E-state index is 6.35. The van der Waals surface area contributed by atoms with E-state index in [9.17, 15) is 0 Å². The molecule has 2 aliphatic carbocycles. The zero-order chi connectivity index (χ0) is 17.9. The first-order chi connectivity index (χ1) is 12.5. The average Bonchev–Trinajstić information content (AvgIpc) is 3.29.